The molecule has 2 heteroatoms. The van der Waals surface area contributed by atoms with Gasteiger partial charge in [0.05, 0.1) is 0 Å². The molecule has 14 heavy (non-hydrogen) atoms. The van der Waals surface area contributed by atoms with Crippen LogP contribution in [0.5, 0.6) is 0 Å². The maximum atomic E-state index is 5.80. The van der Waals surface area contributed by atoms with Crippen molar-refractivity contribution in [2.75, 3.05) is 13.1 Å². The molecule has 0 spiro atoms. The van der Waals surface area contributed by atoms with Crippen molar-refractivity contribution < 1.29 is 0 Å². The molecule has 1 atom stereocenters. The highest BCUT2D eigenvalue weighted by atomic mass is 14.9. The number of nitrogens with two attached hydrogens (primary N) is 1. The molecule has 0 aromatic rings. The van der Waals surface area contributed by atoms with E-state index in [1.54, 1.807) is 0 Å². The monoisotopic (exact) mass is 196 g/mol. The van der Waals surface area contributed by atoms with Crippen LogP contribution < -0.4 is 11.1 Å². The highest BCUT2D eigenvalue weighted by molar-refractivity contribution is 4.82. The molecule has 0 radical (unpaired) electrons. The summed E-state index contributed by atoms with van der Waals surface area (Å²) >= 11 is 0. The predicted octanol–water partition coefficient (Wildman–Crippen LogP) is 2.06. The summed E-state index contributed by atoms with van der Waals surface area (Å²) in [5.41, 5.74) is 5.80. The molecule has 1 aliphatic carbocycles. The molecule has 1 fully saturated rings. The van der Waals surface area contributed by atoms with Crippen LogP contribution in [0.2, 0.25) is 0 Å². The van der Waals surface area contributed by atoms with Crippen LogP contribution in [0.1, 0.15) is 38.5 Å². The average molecular weight is 196 g/mol. The lowest BCUT2D eigenvalue weighted by Gasteiger charge is -2.25. The molecular weight excluding hydrogens is 172 g/mol. The second kappa shape index (κ2) is 7.02. The smallest absolute Gasteiger partial charge is 0.0221 e. The standard InChI is InChI=1S/C12H24N2/c1-2-9-14-12(10-13)11-7-5-3-4-6-8-11/h2,11-12,14H,1,3-10,13H2. The largest absolute Gasteiger partial charge is 0.329 e. The average Bonchev–Trinajstić information content (AvgIpc) is 2.48. The van der Waals surface area contributed by atoms with Gasteiger partial charge in [-0.05, 0) is 18.8 Å². The van der Waals surface area contributed by atoms with Gasteiger partial charge in [0.1, 0.15) is 0 Å². The molecule has 0 bridgehead atoms. The number of nitrogens with one attached hydrogen (secondary N) is 1. The lowest BCUT2D eigenvalue weighted by molar-refractivity contribution is 0.333. The van der Waals surface area contributed by atoms with Crippen LogP contribution in [0.15, 0.2) is 12.7 Å². The summed E-state index contributed by atoms with van der Waals surface area (Å²) in [6.07, 6.45) is 10.2. The van der Waals surface area contributed by atoms with E-state index in [1.165, 1.54) is 38.5 Å². The molecule has 0 heterocycles. The first-order chi connectivity index (χ1) is 6.88. The fourth-order valence-corrected chi connectivity index (χ4v) is 2.39. The van der Waals surface area contributed by atoms with Gasteiger partial charge in [0.25, 0.3) is 0 Å². The molecule has 1 saturated carbocycles. The zero-order chi connectivity index (χ0) is 10.2. The van der Waals surface area contributed by atoms with E-state index in [0.29, 0.717) is 6.04 Å². The van der Waals surface area contributed by atoms with Crippen LogP contribution >= 0.6 is 0 Å². The summed E-state index contributed by atoms with van der Waals surface area (Å²) in [5.74, 6) is 0.794. The maximum Gasteiger partial charge on any atom is 0.0221 e. The molecule has 1 unspecified atom stereocenters. The highest BCUT2D eigenvalue weighted by Crippen LogP contribution is 2.25. The fraction of sp³-hybridized carbons (Fsp3) is 0.833. The highest BCUT2D eigenvalue weighted by Gasteiger charge is 2.20. The van der Waals surface area contributed by atoms with Crippen molar-refractivity contribution in [2.24, 2.45) is 11.7 Å². The minimum atomic E-state index is 0.506. The van der Waals surface area contributed by atoms with E-state index in [2.05, 4.69) is 11.9 Å². The van der Waals surface area contributed by atoms with E-state index >= 15 is 0 Å². The maximum absolute atomic E-state index is 5.80. The fourth-order valence-electron chi connectivity index (χ4n) is 2.39. The second-order valence-electron chi connectivity index (χ2n) is 4.29. The van der Waals surface area contributed by atoms with Gasteiger partial charge in [-0.25, -0.2) is 0 Å². The summed E-state index contributed by atoms with van der Waals surface area (Å²) in [4.78, 5) is 0. The summed E-state index contributed by atoms with van der Waals surface area (Å²) in [7, 11) is 0. The summed E-state index contributed by atoms with van der Waals surface area (Å²) < 4.78 is 0. The molecule has 0 aromatic carbocycles. The zero-order valence-corrected chi connectivity index (χ0v) is 9.17. The van der Waals surface area contributed by atoms with Crippen LogP contribution in [-0.2, 0) is 0 Å². The Labute approximate surface area is 87.9 Å². The molecular formula is C12H24N2. The first-order valence-electron chi connectivity index (χ1n) is 5.93. The molecule has 1 rings (SSSR count). The van der Waals surface area contributed by atoms with Gasteiger partial charge in [-0.1, -0.05) is 31.8 Å². The number of rotatable bonds is 5. The molecule has 2 nitrogen and oxygen atoms in total. The van der Waals surface area contributed by atoms with Gasteiger partial charge in [0.2, 0.25) is 0 Å². The minimum absolute atomic E-state index is 0.506. The van der Waals surface area contributed by atoms with Crippen molar-refractivity contribution >= 4 is 0 Å². The topological polar surface area (TPSA) is 38.0 Å². The Balaban J connectivity index is 2.35. The van der Waals surface area contributed by atoms with E-state index in [9.17, 15) is 0 Å². The third-order valence-electron chi connectivity index (χ3n) is 3.25. The van der Waals surface area contributed by atoms with Crippen LogP contribution in [0.4, 0.5) is 0 Å². The molecule has 0 aliphatic heterocycles. The zero-order valence-electron chi connectivity index (χ0n) is 9.17. The minimum Gasteiger partial charge on any atom is -0.329 e. The van der Waals surface area contributed by atoms with Crippen LogP contribution in [0.25, 0.3) is 0 Å². The normalized spacial score (nSPS) is 21.5. The Morgan fingerprint density at radius 1 is 1.29 bits per heavy atom. The van der Waals surface area contributed by atoms with Crippen LogP contribution in [0, 0.1) is 5.92 Å². The van der Waals surface area contributed by atoms with Crippen molar-refractivity contribution in [3.05, 3.63) is 12.7 Å². The van der Waals surface area contributed by atoms with Gasteiger partial charge in [-0.2, -0.15) is 0 Å². The second-order valence-corrected chi connectivity index (χ2v) is 4.29. The van der Waals surface area contributed by atoms with Crippen LogP contribution in [-0.4, -0.2) is 19.1 Å². The van der Waals surface area contributed by atoms with Crippen molar-refractivity contribution in [1.82, 2.24) is 5.32 Å². The lowest BCUT2D eigenvalue weighted by Crippen LogP contribution is -2.42. The molecule has 1 aliphatic rings. The van der Waals surface area contributed by atoms with E-state index in [-0.39, 0.29) is 0 Å². The van der Waals surface area contributed by atoms with E-state index in [4.69, 9.17) is 5.73 Å². The Bertz CT molecular complexity index is 148. The summed E-state index contributed by atoms with van der Waals surface area (Å²) in [6, 6.07) is 0.506. The van der Waals surface area contributed by atoms with Gasteiger partial charge in [0, 0.05) is 19.1 Å². The quantitative estimate of drug-likeness (QED) is 0.522. The Kier molecular flexibility index (Phi) is 5.88. The molecule has 82 valence electrons. The van der Waals surface area contributed by atoms with E-state index < -0.39 is 0 Å². The lowest BCUT2D eigenvalue weighted by atomic mass is 9.92. The van der Waals surface area contributed by atoms with Crippen molar-refractivity contribution in [3.63, 3.8) is 0 Å². The third kappa shape index (κ3) is 3.81. The first kappa shape index (κ1) is 11.7. The molecule has 0 saturated heterocycles. The third-order valence-corrected chi connectivity index (χ3v) is 3.25. The van der Waals surface area contributed by atoms with Crippen LogP contribution in [0.3, 0.4) is 0 Å². The van der Waals surface area contributed by atoms with E-state index in [1.807, 2.05) is 6.08 Å². The molecule has 0 aromatic heterocycles. The summed E-state index contributed by atoms with van der Waals surface area (Å²) in [6.45, 7) is 5.38. The first-order valence-corrected chi connectivity index (χ1v) is 5.93. The Morgan fingerprint density at radius 3 is 2.43 bits per heavy atom. The predicted molar refractivity (Wildman–Crippen MR) is 62.2 cm³/mol. The molecule has 0 amide bonds. The Hall–Kier alpha value is -0.340. The SMILES string of the molecule is C=CCNC(CN)C1CCCCCC1. The van der Waals surface area contributed by atoms with Crippen molar-refractivity contribution in [3.8, 4) is 0 Å². The summed E-state index contributed by atoms with van der Waals surface area (Å²) in [5, 5.41) is 3.47. The van der Waals surface area contributed by atoms with Crippen molar-refractivity contribution in [2.45, 2.75) is 44.6 Å². The molecule has 3 N–H and O–H groups in total. The van der Waals surface area contributed by atoms with Gasteiger partial charge in [0.15, 0.2) is 0 Å². The van der Waals surface area contributed by atoms with Gasteiger partial charge in [-0.15, -0.1) is 6.58 Å². The van der Waals surface area contributed by atoms with Crippen molar-refractivity contribution in [1.29, 1.82) is 0 Å². The Morgan fingerprint density at radius 2 is 1.93 bits per heavy atom. The van der Waals surface area contributed by atoms with E-state index in [0.717, 1.165) is 19.0 Å². The van der Waals surface area contributed by atoms with Gasteiger partial charge >= 0.3 is 0 Å². The van der Waals surface area contributed by atoms with Gasteiger partial charge in [-0.3, -0.25) is 0 Å². The van der Waals surface area contributed by atoms with Gasteiger partial charge < -0.3 is 11.1 Å². The number of hydrogen-bond acceptors (Lipinski definition) is 2. The number of hydrogen-bond donors (Lipinski definition) is 2.